The van der Waals surface area contributed by atoms with Gasteiger partial charge in [-0.1, -0.05) is 47.3 Å². The summed E-state index contributed by atoms with van der Waals surface area (Å²) in [6, 6.07) is 6.31. The van der Waals surface area contributed by atoms with Crippen molar-refractivity contribution in [2.24, 2.45) is 5.41 Å². The molecule has 0 atom stereocenters. The van der Waals surface area contributed by atoms with Crippen molar-refractivity contribution in [1.29, 1.82) is 0 Å². The van der Waals surface area contributed by atoms with Crippen LogP contribution >= 0.6 is 0 Å². The Hall–Kier alpha value is -1.44. The van der Waals surface area contributed by atoms with E-state index < -0.39 is 0 Å². The minimum Gasteiger partial charge on any atom is -0.487 e. The molecule has 1 aromatic carbocycles. The standard InChI is InChI=1S/C22H32O2.C2H6/c1-16-10-11-19(23-18-8-6-7-9-18)20(14-16)24-22(12-13-22)17(2)15-21(3,4)5;1-2/h10-11,14,18H,2,6-9,12-13,15H2,1,3-5H3;1-2H3. The fourth-order valence-corrected chi connectivity index (χ4v) is 3.63. The Bertz CT molecular complexity index is 599. The molecule has 26 heavy (non-hydrogen) atoms. The molecular weight excluding hydrogens is 320 g/mol. The van der Waals surface area contributed by atoms with Gasteiger partial charge in [0.05, 0.1) is 6.10 Å². The monoisotopic (exact) mass is 358 g/mol. The Balaban J connectivity index is 0.00000117. The van der Waals surface area contributed by atoms with Crippen molar-refractivity contribution in [3.63, 3.8) is 0 Å². The SMILES string of the molecule is C=C(CC(C)(C)C)C1(Oc2cc(C)ccc2OC2CCCC2)CC1.CC. The number of hydrogen-bond donors (Lipinski definition) is 0. The summed E-state index contributed by atoms with van der Waals surface area (Å²) in [4.78, 5) is 0. The largest absolute Gasteiger partial charge is 0.487 e. The van der Waals surface area contributed by atoms with Gasteiger partial charge in [0.25, 0.3) is 0 Å². The van der Waals surface area contributed by atoms with E-state index in [-0.39, 0.29) is 11.0 Å². The van der Waals surface area contributed by atoms with Crippen molar-refractivity contribution in [3.05, 3.63) is 35.9 Å². The molecule has 0 spiro atoms. The lowest BCUT2D eigenvalue weighted by Crippen LogP contribution is -2.24. The van der Waals surface area contributed by atoms with Crippen LogP contribution in [0.4, 0.5) is 0 Å². The molecule has 2 aliphatic carbocycles. The van der Waals surface area contributed by atoms with Crippen LogP contribution in [0.2, 0.25) is 0 Å². The zero-order valence-electron chi connectivity index (χ0n) is 17.8. The van der Waals surface area contributed by atoms with E-state index in [0.29, 0.717) is 6.10 Å². The van der Waals surface area contributed by atoms with E-state index in [4.69, 9.17) is 9.47 Å². The Morgan fingerprint density at radius 1 is 1.12 bits per heavy atom. The zero-order chi connectivity index (χ0) is 19.4. The number of benzene rings is 1. The molecule has 0 N–H and O–H groups in total. The van der Waals surface area contributed by atoms with E-state index in [1.54, 1.807) is 0 Å². The predicted octanol–water partition coefficient (Wildman–Crippen LogP) is 7.25. The van der Waals surface area contributed by atoms with Gasteiger partial charge >= 0.3 is 0 Å². The summed E-state index contributed by atoms with van der Waals surface area (Å²) in [7, 11) is 0. The van der Waals surface area contributed by atoms with E-state index in [0.717, 1.165) is 43.6 Å². The number of rotatable bonds is 6. The first-order valence-corrected chi connectivity index (χ1v) is 10.4. The summed E-state index contributed by atoms with van der Waals surface area (Å²) < 4.78 is 12.8. The molecule has 2 heteroatoms. The highest BCUT2D eigenvalue weighted by molar-refractivity contribution is 5.45. The van der Waals surface area contributed by atoms with Crippen LogP contribution in [0.5, 0.6) is 11.5 Å². The van der Waals surface area contributed by atoms with Crippen molar-refractivity contribution in [2.45, 2.75) is 98.2 Å². The van der Waals surface area contributed by atoms with Crippen molar-refractivity contribution < 1.29 is 9.47 Å². The van der Waals surface area contributed by atoms with Gasteiger partial charge in [-0.3, -0.25) is 0 Å². The minimum atomic E-state index is -0.172. The highest BCUT2D eigenvalue weighted by Crippen LogP contribution is 2.50. The molecule has 2 fully saturated rings. The van der Waals surface area contributed by atoms with Gasteiger partial charge in [0.1, 0.15) is 5.60 Å². The molecular formula is C24H38O2. The van der Waals surface area contributed by atoms with Crippen LogP contribution in [0.1, 0.15) is 85.1 Å². The second-order valence-electron chi connectivity index (χ2n) is 8.91. The van der Waals surface area contributed by atoms with Crippen molar-refractivity contribution in [3.8, 4) is 11.5 Å². The Morgan fingerprint density at radius 3 is 2.27 bits per heavy atom. The number of hydrogen-bond acceptors (Lipinski definition) is 2. The highest BCUT2D eigenvalue weighted by atomic mass is 16.5. The maximum absolute atomic E-state index is 6.52. The molecule has 0 aliphatic heterocycles. The van der Waals surface area contributed by atoms with E-state index in [1.807, 2.05) is 13.8 Å². The molecule has 2 aliphatic rings. The minimum absolute atomic E-state index is 0.172. The molecule has 0 unspecified atom stereocenters. The number of aryl methyl sites for hydroxylation is 1. The van der Waals surface area contributed by atoms with Crippen LogP contribution in [0.15, 0.2) is 30.4 Å². The summed E-state index contributed by atoms with van der Waals surface area (Å²) in [5.41, 5.74) is 2.50. The lowest BCUT2D eigenvalue weighted by Gasteiger charge is -2.28. The van der Waals surface area contributed by atoms with Gasteiger partial charge in [-0.05, 0) is 80.6 Å². The molecule has 2 saturated carbocycles. The molecule has 3 rings (SSSR count). The van der Waals surface area contributed by atoms with Gasteiger partial charge in [0.15, 0.2) is 11.5 Å². The highest BCUT2D eigenvalue weighted by Gasteiger charge is 2.49. The summed E-state index contributed by atoms with van der Waals surface area (Å²) in [5, 5.41) is 0. The van der Waals surface area contributed by atoms with Crippen molar-refractivity contribution in [2.75, 3.05) is 0 Å². The zero-order valence-corrected chi connectivity index (χ0v) is 17.8. The van der Waals surface area contributed by atoms with Crippen LogP contribution in [0, 0.1) is 12.3 Å². The Kier molecular flexibility index (Phi) is 6.82. The quantitative estimate of drug-likeness (QED) is 0.499. The number of ether oxygens (including phenoxy) is 2. The molecule has 0 saturated heterocycles. The molecule has 0 heterocycles. The van der Waals surface area contributed by atoms with E-state index >= 15 is 0 Å². The average molecular weight is 359 g/mol. The third-order valence-corrected chi connectivity index (χ3v) is 5.09. The van der Waals surface area contributed by atoms with E-state index in [2.05, 4.69) is 52.5 Å². The summed E-state index contributed by atoms with van der Waals surface area (Å²) in [6.45, 7) is 17.2. The lowest BCUT2D eigenvalue weighted by atomic mass is 9.86. The lowest BCUT2D eigenvalue weighted by molar-refractivity contribution is 0.167. The van der Waals surface area contributed by atoms with Crippen LogP contribution < -0.4 is 9.47 Å². The van der Waals surface area contributed by atoms with Gasteiger partial charge in [0, 0.05) is 0 Å². The fourth-order valence-electron chi connectivity index (χ4n) is 3.63. The van der Waals surface area contributed by atoms with Crippen LogP contribution in [-0.2, 0) is 0 Å². The van der Waals surface area contributed by atoms with Gasteiger partial charge < -0.3 is 9.47 Å². The summed E-state index contributed by atoms with van der Waals surface area (Å²) in [5.74, 6) is 1.80. The van der Waals surface area contributed by atoms with E-state index in [9.17, 15) is 0 Å². The topological polar surface area (TPSA) is 18.5 Å². The smallest absolute Gasteiger partial charge is 0.162 e. The summed E-state index contributed by atoms with van der Waals surface area (Å²) >= 11 is 0. The molecule has 0 bridgehead atoms. The van der Waals surface area contributed by atoms with Crippen LogP contribution in [0.3, 0.4) is 0 Å². The molecule has 2 nitrogen and oxygen atoms in total. The van der Waals surface area contributed by atoms with Crippen molar-refractivity contribution in [1.82, 2.24) is 0 Å². The predicted molar refractivity (Wildman–Crippen MR) is 111 cm³/mol. The molecule has 146 valence electrons. The van der Waals surface area contributed by atoms with Gasteiger partial charge in [-0.2, -0.15) is 0 Å². The van der Waals surface area contributed by atoms with E-state index in [1.165, 1.54) is 24.0 Å². The second-order valence-corrected chi connectivity index (χ2v) is 8.91. The third kappa shape index (κ3) is 5.53. The maximum atomic E-state index is 6.52. The van der Waals surface area contributed by atoms with Gasteiger partial charge in [-0.25, -0.2) is 0 Å². The van der Waals surface area contributed by atoms with Crippen LogP contribution in [-0.4, -0.2) is 11.7 Å². The maximum Gasteiger partial charge on any atom is 0.162 e. The molecule has 0 aromatic heterocycles. The Morgan fingerprint density at radius 2 is 1.73 bits per heavy atom. The first kappa shape index (κ1) is 20.9. The third-order valence-electron chi connectivity index (χ3n) is 5.09. The van der Waals surface area contributed by atoms with Crippen molar-refractivity contribution >= 4 is 0 Å². The first-order chi connectivity index (χ1) is 12.3. The molecule has 0 amide bonds. The molecule has 0 radical (unpaired) electrons. The Labute approximate surface area is 161 Å². The van der Waals surface area contributed by atoms with Gasteiger partial charge in [-0.15, -0.1) is 0 Å². The average Bonchev–Trinajstić information content (AvgIpc) is 3.17. The van der Waals surface area contributed by atoms with Crippen LogP contribution in [0.25, 0.3) is 0 Å². The van der Waals surface area contributed by atoms with Gasteiger partial charge in [0.2, 0.25) is 0 Å². The summed E-state index contributed by atoms with van der Waals surface area (Å²) in [6.07, 6.45) is 8.36. The fraction of sp³-hybridized carbons (Fsp3) is 0.667. The normalized spacial score (nSPS) is 18.7. The second kappa shape index (κ2) is 8.50. The first-order valence-electron chi connectivity index (χ1n) is 10.4. The molecule has 1 aromatic rings.